The largest absolute Gasteiger partial charge is 0.495 e. The molecule has 0 spiro atoms. The third kappa shape index (κ3) is 4.91. The van der Waals surface area contributed by atoms with Crippen LogP contribution in [0.3, 0.4) is 0 Å². The molecule has 0 saturated carbocycles. The van der Waals surface area contributed by atoms with Gasteiger partial charge in [-0.2, -0.15) is 4.31 Å². The maximum atomic E-state index is 13.1. The van der Waals surface area contributed by atoms with E-state index in [0.717, 1.165) is 36.1 Å². The van der Waals surface area contributed by atoms with E-state index in [2.05, 4.69) is 5.32 Å². The van der Waals surface area contributed by atoms with Crippen molar-refractivity contribution in [3.8, 4) is 5.75 Å². The van der Waals surface area contributed by atoms with Gasteiger partial charge in [-0.1, -0.05) is 24.6 Å². The second-order valence-corrected chi connectivity index (χ2v) is 9.35. The van der Waals surface area contributed by atoms with E-state index in [9.17, 15) is 13.2 Å². The van der Waals surface area contributed by atoms with E-state index in [1.54, 1.807) is 24.3 Å². The summed E-state index contributed by atoms with van der Waals surface area (Å²) in [6, 6.07) is 10.6. The van der Waals surface area contributed by atoms with Crippen LogP contribution in [0.25, 0.3) is 6.08 Å². The molecule has 1 amide bonds. The summed E-state index contributed by atoms with van der Waals surface area (Å²) in [5.74, 6) is 0.0255. The van der Waals surface area contributed by atoms with Gasteiger partial charge >= 0.3 is 0 Å². The molecule has 1 fully saturated rings. The highest BCUT2D eigenvalue weighted by Gasteiger charge is 2.29. The summed E-state index contributed by atoms with van der Waals surface area (Å²) in [5, 5.41) is 2.86. The molecule has 1 saturated heterocycles. The molecule has 0 bridgehead atoms. The summed E-state index contributed by atoms with van der Waals surface area (Å²) in [6.07, 6.45) is 5.77. The maximum Gasteiger partial charge on any atom is 0.248 e. The van der Waals surface area contributed by atoms with Gasteiger partial charge in [0.2, 0.25) is 15.9 Å². The number of benzene rings is 2. The van der Waals surface area contributed by atoms with Crippen LogP contribution in [-0.2, 0) is 14.8 Å². The van der Waals surface area contributed by atoms with Gasteiger partial charge in [0.25, 0.3) is 0 Å². The minimum atomic E-state index is -3.65. The molecule has 1 aliphatic rings. The number of hydrogen-bond acceptors (Lipinski definition) is 4. The zero-order chi connectivity index (χ0) is 21.7. The number of rotatable bonds is 6. The van der Waals surface area contributed by atoms with Crippen LogP contribution >= 0.6 is 0 Å². The summed E-state index contributed by atoms with van der Waals surface area (Å²) in [5.41, 5.74) is 3.48. The average Bonchev–Trinajstić information content (AvgIpc) is 2.76. The minimum Gasteiger partial charge on any atom is -0.495 e. The summed E-state index contributed by atoms with van der Waals surface area (Å²) in [7, 11) is -2.19. The van der Waals surface area contributed by atoms with Crippen molar-refractivity contribution in [3.05, 3.63) is 59.2 Å². The molecular weight excluding hydrogens is 400 g/mol. The van der Waals surface area contributed by atoms with E-state index in [-0.39, 0.29) is 10.8 Å². The molecule has 0 unspecified atom stereocenters. The lowest BCUT2D eigenvalue weighted by atomic mass is 10.1. The minimum absolute atomic E-state index is 0.129. The summed E-state index contributed by atoms with van der Waals surface area (Å²) in [6.45, 7) is 4.98. The molecule has 0 radical (unpaired) electrons. The van der Waals surface area contributed by atoms with Crippen LogP contribution < -0.4 is 10.1 Å². The molecule has 1 heterocycles. The number of methoxy groups -OCH3 is 1. The number of ether oxygens (including phenoxy) is 1. The number of aryl methyl sites for hydroxylation is 1. The van der Waals surface area contributed by atoms with Gasteiger partial charge in [0.1, 0.15) is 10.6 Å². The Kier molecular flexibility index (Phi) is 6.95. The van der Waals surface area contributed by atoms with E-state index in [4.69, 9.17) is 4.74 Å². The maximum absolute atomic E-state index is 13.1. The zero-order valence-corrected chi connectivity index (χ0v) is 18.5. The predicted octanol–water partition coefficient (Wildman–Crippen LogP) is 4.14. The monoisotopic (exact) mass is 428 g/mol. The fourth-order valence-corrected chi connectivity index (χ4v) is 5.18. The Hall–Kier alpha value is -2.64. The summed E-state index contributed by atoms with van der Waals surface area (Å²) < 4.78 is 33.0. The molecular formula is C23H28N2O4S. The lowest BCUT2D eigenvalue weighted by Gasteiger charge is -2.26. The second-order valence-electron chi connectivity index (χ2n) is 7.45. The fraction of sp³-hybridized carbons (Fsp3) is 0.348. The van der Waals surface area contributed by atoms with Crippen molar-refractivity contribution in [3.63, 3.8) is 0 Å². The lowest BCUT2D eigenvalue weighted by molar-refractivity contribution is -0.111. The van der Waals surface area contributed by atoms with Gasteiger partial charge in [-0.25, -0.2) is 8.42 Å². The molecule has 0 atom stereocenters. The van der Waals surface area contributed by atoms with Crippen molar-refractivity contribution >= 4 is 27.7 Å². The van der Waals surface area contributed by atoms with Gasteiger partial charge in [-0.05, 0) is 67.7 Å². The first-order valence-corrected chi connectivity index (χ1v) is 11.5. The molecule has 1 aliphatic heterocycles. The smallest absolute Gasteiger partial charge is 0.248 e. The number of carbonyl (C=O) groups is 1. The van der Waals surface area contributed by atoms with Crippen LogP contribution in [0.2, 0.25) is 0 Å². The molecule has 160 valence electrons. The van der Waals surface area contributed by atoms with E-state index >= 15 is 0 Å². The number of anilines is 1. The van der Waals surface area contributed by atoms with Gasteiger partial charge in [0, 0.05) is 24.9 Å². The van der Waals surface area contributed by atoms with Crippen LogP contribution in [0.5, 0.6) is 5.75 Å². The fourth-order valence-electron chi connectivity index (χ4n) is 3.48. The van der Waals surface area contributed by atoms with Gasteiger partial charge in [-0.3, -0.25) is 4.79 Å². The van der Waals surface area contributed by atoms with E-state index < -0.39 is 10.0 Å². The molecule has 0 aliphatic carbocycles. The molecule has 3 rings (SSSR count). The van der Waals surface area contributed by atoms with Gasteiger partial charge in [0.05, 0.1) is 7.11 Å². The predicted molar refractivity (Wildman–Crippen MR) is 119 cm³/mol. The highest BCUT2D eigenvalue weighted by atomic mass is 32.2. The molecule has 6 nitrogen and oxygen atoms in total. The quantitative estimate of drug-likeness (QED) is 0.702. The van der Waals surface area contributed by atoms with Crippen LogP contribution in [0.4, 0.5) is 5.69 Å². The standard InChI is InChI=1S/C23H28N2O4S/c1-17-8-7-9-20(18(17)2)24-23(26)13-11-19-10-12-21(29-3)22(16-19)30(27,28)25-14-5-4-6-15-25/h7-13,16H,4-6,14-15H2,1-3H3,(H,24,26)/b13-11+. The number of hydrogen-bond donors (Lipinski definition) is 1. The summed E-state index contributed by atoms with van der Waals surface area (Å²) >= 11 is 0. The normalized spacial score (nSPS) is 15.3. The van der Waals surface area contributed by atoms with Crippen LogP contribution in [0.15, 0.2) is 47.4 Å². The Balaban J connectivity index is 1.82. The van der Waals surface area contributed by atoms with Crippen LogP contribution in [0, 0.1) is 13.8 Å². The molecule has 7 heteroatoms. The topological polar surface area (TPSA) is 75.7 Å². The Morgan fingerprint density at radius 2 is 1.83 bits per heavy atom. The third-order valence-corrected chi connectivity index (χ3v) is 7.33. The van der Waals surface area contributed by atoms with Crippen molar-refractivity contribution in [1.82, 2.24) is 4.31 Å². The van der Waals surface area contributed by atoms with Crippen molar-refractivity contribution < 1.29 is 17.9 Å². The van der Waals surface area contributed by atoms with E-state index in [1.807, 2.05) is 32.0 Å². The third-order valence-electron chi connectivity index (χ3n) is 5.41. The average molecular weight is 429 g/mol. The first kappa shape index (κ1) is 22.1. The first-order chi connectivity index (χ1) is 14.3. The highest BCUT2D eigenvalue weighted by molar-refractivity contribution is 7.89. The number of sulfonamides is 1. The molecule has 30 heavy (non-hydrogen) atoms. The van der Waals surface area contributed by atoms with E-state index in [1.165, 1.54) is 17.5 Å². The first-order valence-electron chi connectivity index (χ1n) is 10.1. The Morgan fingerprint density at radius 1 is 1.10 bits per heavy atom. The number of nitrogens with one attached hydrogen (secondary N) is 1. The van der Waals surface area contributed by atoms with Crippen LogP contribution in [-0.4, -0.2) is 38.8 Å². The van der Waals surface area contributed by atoms with Crippen molar-refractivity contribution in [1.29, 1.82) is 0 Å². The van der Waals surface area contributed by atoms with Crippen LogP contribution in [0.1, 0.15) is 36.0 Å². The van der Waals surface area contributed by atoms with Gasteiger partial charge in [-0.15, -0.1) is 0 Å². The highest BCUT2D eigenvalue weighted by Crippen LogP contribution is 2.30. The van der Waals surface area contributed by atoms with Gasteiger partial charge < -0.3 is 10.1 Å². The SMILES string of the molecule is COc1ccc(/C=C/C(=O)Nc2cccc(C)c2C)cc1S(=O)(=O)N1CCCCC1. The number of amides is 1. The molecule has 1 N–H and O–H groups in total. The van der Waals surface area contributed by atoms with E-state index in [0.29, 0.717) is 24.4 Å². The van der Waals surface area contributed by atoms with Crippen molar-refractivity contribution in [2.24, 2.45) is 0 Å². The number of carbonyl (C=O) groups excluding carboxylic acids is 1. The Morgan fingerprint density at radius 3 is 2.53 bits per heavy atom. The number of piperidine rings is 1. The summed E-state index contributed by atoms with van der Waals surface area (Å²) in [4.78, 5) is 12.5. The second kappa shape index (κ2) is 9.45. The number of nitrogens with zero attached hydrogens (tertiary/aromatic N) is 1. The lowest BCUT2D eigenvalue weighted by Crippen LogP contribution is -2.35. The Labute approximate surface area is 178 Å². The van der Waals surface area contributed by atoms with Gasteiger partial charge in [0.15, 0.2) is 0 Å². The van der Waals surface area contributed by atoms with Crippen molar-refractivity contribution in [2.75, 3.05) is 25.5 Å². The zero-order valence-electron chi connectivity index (χ0n) is 17.6. The molecule has 2 aromatic carbocycles. The molecule has 0 aromatic heterocycles. The van der Waals surface area contributed by atoms with Crippen molar-refractivity contribution in [2.45, 2.75) is 38.0 Å². The molecule has 2 aromatic rings. The Bertz CT molecular complexity index is 1050.